The van der Waals surface area contributed by atoms with Crippen molar-refractivity contribution in [2.24, 2.45) is 0 Å². The average molecular weight is 381 g/mol. The van der Waals surface area contributed by atoms with Gasteiger partial charge in [0.05, 0.1) is 11.4 Å². The summed E-state index contributed by atoms with van der Waals surface area (Å²) >= 11 is 1.66. The molecule has 0 radical (unpaired) electrons. The van der Waals surface area contributed by atoms with Crippen molar-refractivity contribution < 1.29 is 4.79 Å². The van der Waals surface area contributed by atoms with E-state index < -0.39 is 0 Å². The molecule has 0 unspecified atom stereocenters. The quantitative estimate of drug-likeness (QED) is 0.573. The number of rotatable bonds is 5. The Labute approximate surface area is 159 Å². The van der Waals surface area contributed by atoms with E-state index in [1.54, 1.807) is 15.9 Å². The van der Waals surface area contributed by atoms with Crippen LogP contribution in [0.15, 0.2) is 29.6 Å². The number of hydrogen-bond donors (Lipinski definition) is 1. The Morgan fingerprint density at radius 1 is 1.15 bits per heavy atom. The van der Waals surface area contributed by atoms with Crippen molar-refractivity contribution >= 4 is 23.0 Å². The molecule has 0 aromatic carbocycles. The summed E-state index contributed by atoms with van der Waals surface area (Å²) in [6.45, 7) is 6.81. The summed E-state index contributed by atoms with van der Waals surface area (Å²) in [5.74, 6) is 0.231. The van der Waals surface area contributed by atoms with Crippen LogP contribution in [-0.4, -0.2) is 41.8 Å². The van der Waals surface area contributed by atoms with E-state index in [9.17, 15) is 4.79 Å². The van der Waals surface area contributed by atoms with Gasteiger partial charge in [-0.05, 0) is 44.4 Å². The minimum Gasteiger partial charge on any atom is -0.347 e. The summed E-state index contributed by atoms with van der Waals surface area (Å²) < 4.78 is 3.47. The van der Waals surface area contributed by atoms with E-state index in [0.29, 0.717) is 18.9 Å². The lowest BCUT2D eigenvalue weighted by Crippen LogP contribution is -2.28. The fourth-order valence-corrected chi connectivity index (χ4v) is 3.58. The molecule has 1 amide bonds. The SMILES string of the molecule is Cc1cc(C)n2nc(C(=O)NCCn3nc(-c4cccs4)cc3C)nc2n1. The van der Waals surface area contributed by atoms with E-state index in [0.717, 1.165) is 27.7 Å². The summed E-state index contributed by atoms with van der Waals surface area (Å²) in [5, 5.41) is 13.7. The zero-order valence-corrected chi connectivity index (χ0v) is 16.1. The minimum absolute atomic E-state index is 0.118. The van der Waals surface area contributed by atoms with Gasteiger partial charge in [-0.3, -0.25) is 9.48 Å². The lowest BCUT2D eigenvalue weighted by molar-refractivity contribution is 0.0941. The van der Waals surface area contributed by atoms with Crippen molar-refractivity contribution in [2.75, 3.05) is 6.54 Å². The second-order valence-corrected chi connectivity index (χ2v) is 7.26. The molecule has 4 rings (SSSR count). The maximum absolute atomic E-state index is 12.4. The Hall–Kier alpha value is -3.07. The van der Waals surface area contributed by atoms with E-state index in [2.05, 4.69) is 25.5 Å². The number of thiophene rings is 1. The topological polar surface area (TPSA) is 90.0 Å². The minimum atomic E-state index is -0.319. The highest BCUT2D eigenvalue weighted by Crippen LogP contribution is 2.23. The van der Waals surface area contributed by atoms with Gasteiger partial charge < -0.3 is 5.32 Å². The standard InChI is InChI=1S/C18H19N7OS/c1-11-9-13(3)25-18(20-11)21-16(23-25)17(26)19-6-7-24-12(2)10-14(22-24)15-5-4-8-27-15/h4-5,8-10H,6-7H2,1-3H3,(H,19,26). The van der Waals surface area contributed by atoms with E-state index in [-0.39, 0.29) is 11.7 Å². The molecule has 0 spiro atoms. The van der Waals surface area contributed by atoms with Crippen LogP contribution in [0, 0.1) is 20.8 Å². The monoisotopic (exact) mass is 381 g/mol. The Bertz CT molecular complexity index is 1110. The predicted molar refractivity (Wildman–Crippen MR) is 103 cm³/mol. The summed E-state index contributed by atoms with van der Waals surface area (Å²) in [4.78, 5) is 22.0. The number of carbonyl (C=O) groups excluding carboxylic acids is 1. The molecule has 9 heteroatoms. The third-order valence-electron chi connectivity index (χ3n) is 4.19. The van der Waals surface area contributed by atoms with Gasteiger partial charge in [-0.25, -0.2) is 9.50 Å². The fourth-order valence-electron chi connectivity index (χ4n) is 2.90. The highest BCUT2D eigenvalue weighted by Gasteiger charge is 2.15. The van der Waals surface area contributed by atoms with E-state index >= 15 is 0 Å². The molecule has 0 atom stereocenters. The maximum Gasteiger partial charge on any atom is 0.291 e. The number of carbonyl (C=O) groups is 1. The molecule has 138 valence electrons. The number of amides is 1. The van der Waals surface area contributed by atoms with Crippen LogP contribution >= 0.6 is 11.3 Å². The first-order valence-corrected chi connectivity index (χ1v) is 9.47. The summed E-state index contributed by atoms with van der Waals surface area (Å²) in [7, 11) is 0. The number of aromatic nitrogens is 6. The molecule has 27 heavy (non-hydrogen) atoms. The number of hydrogen-bond acceptors (Lipinski definition) is 6. The van der Waals surface area contributed by atoms with Gasteiger partial charge in [-0.1, -0.05) is 6.07 Å². The van der Waals surface area contributed by atoms with E-state index in [4.69, 9.17) is 0 Å². The van der Waals surface area contributed by atoms with Gasteiger partial charge in [-0.2, -0.15) is 10.1 Å². The summed E-state index contributed by atoms with van der Waals surface area (Å²) in [6.07, 6.45) is 0. The molecule has 0 saturated heterocycles. The second kappa shape index (κ2) is 6.92. The molecule has 8 nitrogen and oxygen atoms in total. The number of nitrogens with one attached hydrogen (secondary N) is 1. The smallest absolute Gasteiger partial charge is 0.291 e. The van der Waals surface area contributed by atoms with E-state index in [1.165, 1.54) is 0 Å². The molecular formula is C18H19N7OS. The molecule has 4 aromatic heterocycles. The molecule has 0 saturated carbocycles. The van der Waals surface area contributed by atoms with Crippen molar-refractivity contribution in [3.8, 4) is 10.6 Å². The molecule has 4 aromatic rings. The van der Waals surface area contributed by atoms with Crippen LogP contribution in [0.3, 0.4) is 0 Å². The molecule has 0 bridgehead atoms. The van der Waals surface area contributed by atoms with Crippen LogP contribution < -0.4 is 5.32 Å². The van der Waals surface area contributed by atoms with Crippen LogP contribution in [0.1, 0.15) is 27.7 Å². The molecule has 1 N–H and O–H groups in total. The van der Waals surface area contributed by atoms with Crippen molar-refractivity contribution in [3.63, 3.8) is 0 Å². The summed E-state index contributed by atoms with van der Waals surface area (Å²) in [5.41, 5.74) is 3.73. The Balaban J connectivity index is 1.42. The number of fused-ring (bicyclic) bond motifs is 1. The largest absolute Gasteiger partial charge is 0.347 e. The van der Waals surface area contributed by atoms with Gasteiger partial charge in [0.1, 0.15) is 5.69 Å². The van der Waals surface area contributed by atoms with Crippen LogP contribution in [0.4, 0.5) is 0 Å². The first-order valence-electron chi connectivity index (χ1n) is 8.59. The zero-order chi connectivity index (χ0) is 19.0. The maximum atomic E-state index is 12.4. The molecule has 0 aliphatic heterocycles. The molecule has 4 heterocycles. The van der Waals surface area contributed by atoms with Crippen LogP contribution in [-0.2, 0) is 6.54 Å². The normalized spacial score (nSPS) is 11.2. The first kappa shape index (κ1) is 17.3. The van der Waals surface area contributed by atoms with Crippen LogP contribution in [0.25, 0.3) is 16.3 Å². The lowest BCUT2D eigenvalue weighted by atomic mass is 10.3. The van der Waals surface area contributed by atoms with Crippen molar-refractivity contribution in [3.05, 3.63) is 52.6 Å². The van der Waals surface area contributed by atoms with E-state index in [1.807, 2.05) is 55.1 Å². The zero-order valence-electron chi connectivity index (χ0n) is 15.3. The second-order valence-electron chi connectivity index (χ2n) is 6.31. The number of aryl methyl sites for hydroxylation is 3. The predicted octanol–water partition coefficient (Wildman–Crippen LogP) is 2.40. The van der Waals surface area contributed by atoms with Gasteiger partial charge in [0.2, 0.25) is 5.82 Å². The summed E-state index contributed by atoms with van der Waals surface area (Å²) in [6, 6.07) is 8.00. The van der Waals surface area contributed by atoms with Crippen molar-refractivity contribution in [1.29, 1.82) is 0 Å². The first-order chi connectivity index (χ1) is 13.0. The third kappa shape index (κ3) is 3.45. The Kier molecular flexibility index (Phi) is 4.44. The Morgan fingerprint density at radius 3 is 2.78 bits per heavy atom. The highest BCUT2D eigenvalue weighted by atomic mass is 32.1. The molecular weight excluding hydrogens is 362 g/mol. The van der Waals surface area contributed by atoms with Crippen LogP contribution in [0.2, 0.25) is 0 Å². The van der Waals surface area contributed by atoms with Crippen molar-refractivity contribution in [2.45, 2.75) is 27.3 Å². The van der Waals surface area contributed by atoms with Gasteiger partial charge in [0, 0.05) is 23.6 Å². The Morgan fingerprint density at radius 2 is 2.00 bits per heavy atom. The lowest BCUT2D eigenvalue weighted by Gasteiger charge is -2.05. The van der Waals surface area contributed by atoms with Gasteiger partial charge >= 0.3 is 0 Å². The van der Waals surface area contributed by atoms with Crippen LogP contribution in [0.5, 0.6) is 0 Å². The highest BCUT2D eigenvalue weighted by molar-refractivity contribution is 7.13. The third-order valence-corrected chi connectivity index (χ3v) is 5.08. The molecule has 0 fully saturated rings. The van der Waals surface area contributed by atoms with Gasteiger partial charge in [0.15, 0.2) is 0 Å². The van der Waals surface area contributed by atoms with Gasteiger partial charge in [0.25, 0.3) is 11.7 Å². The molecule has 0 aliphatic carbocycles. The average Bonchev–Trinajstić information content (AvgIpc) is 3.34. The van der Waals surface area contributed by atoms with Gasteiger partial charge in [-0.15, -0.1) is 16.4 Å². The van der Waals surface area contributed by atoms with Crippen molar-refractivity contribution in [1.82, 2.24) is 34.7 Å². The molecule has 0 aliphatic rings. The fraction of sp³-hybridized carbons (Fsp3) is 0.278. The number of nitrogens with zero attached hydrogens (tertiary/aromatic N) is 6.